The summed E-state index contributed by atoms with van der Waals surface area (Å²) >= 11 is 5.55. The van der Waals surface area contributed by atoms with E-state index >= 15 is 0 Å². The van der Waals surface area contributed by atoms with E-state index in [0.717, 1.165) is 18.9 Å². The van der Waals surface area contributed by atoms with Crippen LogP contribution in [-0.2, 0) is 4.79 Å². The fourth-order valence-corrected chi connectivity index (χ4v) is 1.53. The van der Waals surface area contributed by atoms with Crippen LogP contribution in [0.1, 0.15) is 29.6 Å². The molecule has 5 N–H and O–H groups in total. The summed E-state index contributed by atoms with van der Waals surface area (Å²) in [7, 11) is 0. The molecule has 1 aromatic rings. The Morgan fingerprint density at radius 2 is 2.09 bits per heavy atom. The van der Waals surface area contributed by atoms with Gasteiger partial charge in [-0.2, -0.15) is 0 Å². The van der Waals surface area contributed by atoms with Crippen molar-refractivity contribution >= 4 is 29.5 Å². The number of carboxylic acids is 1. The standard InChI is InChI=1S/C7H4ClNO3.C6H14N2O2/c8-7-2-1-6(9(11)12)3-5(7)4-10;7-4-2-1-3-5(8)6(9)10/h1-4H;5H,1-4,7-8H2,(H,9,10)/t;5-/m.0/s1. The molecule has 0 unspecified atom stereocenters. The number of carboxylic acid groups (broad SMARTS) is 1. The van der Waals surface area contributed by atoms with Gasteiger partial charge in [0.1, 0.15) is 6.04 Å². The van der Waals surface area contributed by atoms with Crippen molar-refractivity contribution < 1.29 is 19.6 Å². The molecule has 0 saturated heterocycles. The smallest absolute Gasteiger partial charge is 0.320 e. The molecule has 8 nitrogen and oxygen atoms in total. The minimum absolute atomic E-state index is 0.130. The van der Waals surface area contributed by atoms with E-state index in [9.17, 15) is 19.7 Å². The van der Waals surface area contributed by atoms with Crippen LogP contribution in [0.5, 0.6) is 0 Å². The van der Waals surface area contributed by atoms with Gasteiger partial charge in [-0.25, -0.2) is 0 Å². The van der Waals surface area contributed by atoms with Crippen LogP contribution in [0.4, 0.5) is 5.69 Å². The topological polar surface area (TPSA) is 150 Å². The van der Waals surface area contributed by atoms with Gasteiger partial charge in [-0.1, -0.05) is 18.0 Å². The summed E-state index contributed by atoms with van der Waals surface area (Å²) in [5.41, 5.74) is 10.4. The Labute approximate surface area is 132 Å². The fourth-order valence-electron chi connectivity index (χ4n) is 1.37. The van der Waals surface area contributed by atoms with Crippen molar-refractivity contribution in [2.45, 2.75) is 25.3 Å². The van der Waals surface area contributed by atoms with Crippen molar-refractivity contribution in [3.05, 3.63) is 38.9 Å². The minimum Gasteiger partial charge on any atom is -0.480 e. The van der Waals surface area contributed by atoms with E-state index in [1.807, 2.05) is 0 Å². The van der Waals surface area contributed by atoms with Crippen LogP contribution < -0.4 is 11.5 Å². The third-order valence-electron chi connectivity index (χ3n) is 2.60. The predicted octanol–water partition coefficient (Wildman–Crippen LogP) is 1.59. The molecule has 0 aliphatic carbocycles. The highest BCUT2D eigenvalue weighted by atomic mass is 35.5. The number of carbonyl (C=O) groups excluding carboxylic acids is 1. The zero-order valence-corrected chi connectivity index (χ0v) is 12.5. The van der Waals surface area contributed by atoms with Gasteiger partial charge in [-0.05, 0) is 25.5 Å². The number of nitrogens with two attached hydrogens (primary N) is 2. The third-order valence-corrected chi connectivity index (χ3v) is 2.95. The van der Waals surface area contributed by atoms with Crippen molar-refractivity contribution in [2.75, 3.05) is 6.54 Å². The maximum Gasteiger partial charge on any atom is 0.320 e. The number of nitrogens with zero attached hydrogens (tertiary/aromatic N) is 1. The Balaban J connectivity index is 0.000000409. The summed E-state index contributed by atoms with van der Waals surface area (Å²) in [6.07, 6.45) is 2.65. The van der Waals surface area contributed by atoms with Gasteiger partial charge in [-0.3, -0.25) is 19.7 Å². The summed E-state index contributed by atoms with van der Waals surface area (Å²) in [5.74, 6) is -0.933. The highest BCUT2D eigenvalue weighted by molar-refractivity contribution is 6.33. The molecule has 1 rings (SSSR count). The van der Waals surface area contributed by atoms with Crippen LogP contribution in [0.3, 0.4) is 0 Å². The first-order valence-corrected chi connectivity index (χ1v) is 6.78. The number of nitro benzene ring substituents is 1. The molecule has 0 amide bonds. The van der Waals surface area contributed by atoms with E-state index in [4.69, 9.17) is 28.2 Å². The van der Waals surface area contributed by atoms with Crippen molar-refractivity contribution in [1.29, 1.82) is 0 Å². The molecular weight excluding hydrogens is 314 g/mol. The lowest BCUT2D eigenvalue weighted by atomic mass is 10.1. The van der Waals surface area contributed by atoms with Gasteiger partial charge in [0.15, 0.2) is 6.29 Å². The molecule has 0 saturated carbocycles. The molecule has 9 heteroatoms. The van der Waals surface area contributed by atoms with Crippen molar-refractivity contribution in [3.8, 4) is 0 Å². The fraction of sp³-hybridized carbons (Fsp3) is 0.385. The maximum atomic E-state index is 10.3. The summed E-state index contributed by atoms with van der Waals surface area (Å²) < 4.78 is 0. The van der Waals surface area contributed by atoms with E-state index in [2.05, 4.69) is 0 Å². The van der Waals surface area contributed by atoms with Gasteiger partial charge >= 0.3 is 5.97 Å². The quantitative estimate of drug-likeness (QED) is 0.297. The van der Waals surface area contributed by atoms with Gasteiger partial charge in [0, 0.05) is 17.7 Å². The molecule has 0 aliphatic heterocycles. The number of hydrogen-bond acceptors (Lipinski definition) is 6. The predicted molar refractivity (Wildman–Crippen MR) is 82.0 cm³/mol. The Hall–Kier alpha value is -2.03. The zero-order chi connectivity index (χ0) is 17.1. The molecule has 0 aromatic heterocycles. The monoisotopic (exact) mass is 331 g/mol. The lowest BCUT2D eigenvalue weighted by molar-refractivity contribution is -0.384. The van der Waals surface area contributed by atoms with E-state index < -0.39 is 16.9 Å². The first-order valence-electron chi connectivity index (χ1n) is 6.41. The average molecular weight is 332 g/mol. The van der Waals surface area contributed by atoms with Crippen molar-refractivity contribution in [1.82, 2.24) is 0 Å². The van der Waals surface area contributed by atoms with E-state index in [-0.39, 0.29) is 16.3 Å². The summed E-state index contributed by atoms with van der Waals surface area (Å²) in [6, 6.07) is 2.99. The highest BCUT2D eigenvalue weighted by Crippen LogP contribution is 2.19. The Morgan fingerprint density at radius 3 is 2.55 bits per heavy atom. The number of aliphatic carboxylic acids is 1. The molecule has 1 atom stereocenters. The van der Waals surface area contributed by atoms with Crippen LogP contribution in [0.25, 0.3) is 0 Å². The second-order valence-electron chi connectivity index (χ2n) is 4.31. The molecular formula is C13H18ClN3O5. The molecule has 1 aromatic carbocycles. The highest BCUT2D eigenvalue weighted by Gasteiger charge is 2.09. The molecule has 0 radical (unpaired) electrons. The number of benzene rings is 1. The number of nitro groups is 1. The molecule has 0 heterocycles. The van der Waals surface area contributed by atoms with E-state index in [1.165, 1.54) is 12.1 Å². The van der Waals surface area contributed by atoms with Crippen molar-refractivity contribution in [3.63, 3.8) is 0 Å². The van der Waals surface area contributed by atoms with Gasteiger partial charge in [0.05, 0.1) is 9.95 Å². The SMILES string of the molecule is NCCCC[C@H](N)C(=O)O.O=Cc1cc([N+](=O)[O-])ccc1Cl. The van der Waals surface area contributed by atoms with Crippen LogP contribution in [0, 0.1) is 10.1 Å². The third kappa shape index (κ3) is 7.67. The Kier molecular flexibility index (Phi) is 9.68. The van der Waals surface area contributed by atoms with Crippen LogP contribution >= 0.6 is 11.6 Å². The number of hydrogen-bond donors (Lipinski definition) is 3. The number of non-ortho nitro benzene ring substituents is 1. The molecule has 122 valence electrons. The van der Waals surface area contributed by atoms with Crippen LogP contribution in [-0.4, -0.2) is 34.9 Å². The molecule has 0 spiro atoms. The average Bonchev–Trinajstić information content (AvgIpc) is 2.48. The number of halogens is 1. The second-order valence-corrected chi connectivity index (χ2v) is 4.72. The molecule has 22 heavy (non-hydrogen) atoms. The maximum absolute atomic E-state index is 10.3. The van der Waals surface area contributed by atoms with Crippen LogP contribution in [0.2, 0.25) is 5.02 Å². The van der Waals surface area contributed by atoms with Gasteiger partial charge < -0.3 is 16.6 Å². The van der Waals surface area contributed by atoms with Gasteiger partial charge in [-0.15, -0.1) is 0 Å². The second kappa shape index (κ2) is 10.7. The Bertz CT molecular complexity index is 524. The summed E-state index contributed by atoms with van der Waals surface area (Å²) in [6.45, 7) is 0.604. The summed E-state index contributed by atoms with van der Waals surface area (Å²) in [4.78, 5) is 30.1. The van der Waals surface area contributed by atoms with Gasteiger partial charge in [0.2, 0.25) is 0 Å². The van der Waals surface area contributed by atoms with E-state index in [1.54, 1.807) is 0 Å². The molecule has 0 fully saturated rings. The van der Waals surface area contributed by atoms with Crippen LogP contribution in [0.15, 0.2) is 18.2 Å². The lowest BCUT2D eigenvalue weighted by Gasteiger charge is -2.03. The zero-order valence-electron chi connectivity index (χ0n) is 11.8. The summed E-state index contributed by atoms with van der Waals surface area (Å²) in [5, 5.41) is 18.8. The molecule has 0 aliphatic rings. The first-order chi connectivity index (χ1) is 10.3. The van der Waals surface area contributed by atoms with Crippen molar-refractivity contribution in [2.24, 2.45) is 11.5 Å². The minimum atomic E-state index is -0.933. The normalized spacial score (nSPS) is 11.0. The number of rotatable bonds is 7. The largest absolute Gasteiger partial charge is 0.480 e. The lowest BCUT2D eigenvalue weighted by Crippen LogP contribution is -2.29. The van der Waals surface area contributed by atoms with Gasteiger partial charge in [0.25, 0.3) is 5.69 Å². The van der Waals surface area contributed by atoms with E-state index in [0.29, 0.717) is 19.3 Å². The molecule has 0 bridgehead atoms. The number of unbranched alkanes of at least 4 members (excludes halogenated alkanes) is 1. The first kappa shape index (κ1) is 20.0. The number of carbonyl (C=O) groups is 2. The Morgan fingerprint density at radius 1 is 1.45 bits per heavy atom. The number of aldehydes is 1.